The van der Waals surface area contributed by atoms with E-state index in [-0.39, 0.29) is 24.4 Å². The lowest BCUT2D eigenvalue weighted by molar-refractivity contribution is -0.136. The highest BCUT2D eigenvalue weighted by Crippen LogP contribution is 2.17. The van der Waals surface area contributed by atoms with Crippen molar-refractivity contribution in [2.24, 2.45) is 5.92 Å². The van der Waals surface area contributed by atoms with Crippen molar-refractivity contribution in [1.82, 2.24) is 10.2 Å². The highest BCUT2D eigenvalue weighted by Gasteiger charge is 2.24. The molecule has 2 aliphatic rings. The molecule has 1 amide bonds. The van der Waals surface area contributed by atoms with Crippen molar-refractivity contribution in [3.05, 3.63) is 0 Å². The number of carbonyl (C=O) groups excluding carboxylic acids is 1. The zero-order valence-corrected chi connectivity index (χ0v) is 11.3. The zero-order chi connectivity index (χ0) is 11.4. The van der Waals surface area contributed by atoms with Crippen LogP contribution in [-0.2, 0) is 9.53 Å². The fourth-order valence-electron chi connectivity index (χ4n) is 2.49. The molecule has 0 aromatic rings. The average Bonchev–Trinajstić information content (AvgIpc) is 2.30. The third kappa shape index (κ3) is 4.45. The van der Waals surface area contributed by atoms with Crippen molar-refractivity contribution in [3.63, 3.8) is 0 Å². The summed E-state index contributed by atoms with van der Waals surface area (Å²) in [6.45, 7) is 6.54. The second-order valence-electron chi connectivity index (χ2n) is 4.99. The molecule has 17 heavy (non-hydrogen) atoms. The monoisotopic (exact) mass is 262 g/mol. The van der Waals surface area contributed by atoms with Gasteiger partial charge in [-0.05, 0) is 18.8 Å². The van der Waals surface area contributed by atoms with Gasteiger partial charge in [0.05, 0.1) is 19.1 Å². The second-order valence-corrected chi connectivity index (χ2v) is 4.99. The Bertz CT molecular complexity index is 245. The first-order valence-electron chi connectivity index (χ1n) is 6.36. The lowest BCUT2D eigenvalue weighted by Crippen LogP contribution is -2.44. The van der Waals surface area contributed by atoms with Crippen LogP contribution in [0.15, 0.2) is 0 Å². The van der Waals surface area contributed by atoms with Crippen LogP contribution in [0, 0.1) is 5.92 Å². The maximum atomic E-state index is 12.0. The lowest BCUT2D eigenvalue weighted by atomic mass is 10.00. The number of likely N-dealkylation sites (tertiary alicyclic amines) is 1. The molecule has 2 heterocycles. The van der Waals surface area contributed by atoms with Gasteiger partial charge in [-0.15, -0.1) is 12.4 Å². The van der Waals surface area contributed by atoms with Gasteiger partial charge < -0.3 is 15.0 Å². The first-order chi connectivity index (χ1) is 7.75. The van der Waals surface area contributed by atoms with Gasteiger partial charge in [-0.1, -0.05) is 6.92 Å². The fraction of sp³-hybridized carbons (Fsp3) is 0.917. The summed E-state index contributed by atoms with van der Waals surface area (Å²) in [6.07, 6.45) is 3.03. The molecular weight excluding hydrogens is 240 g/mol. The van der Waals surface area contributed by atoms with Crippen LogP contribution in [0.1, 0.15) is 26.2 Å². The molecule has 0 aliphatic carbocycles. The molecule has 100 valence electrons. The van der Waals surface area contributed by atoms with Crippen molar-refractivity contribution in [2.45, 2.75) is 32.3 Å². The van der Waals surface area contributed by atoms with Gasteiger partial charge >= 0.3 is 0 Å². The van der Waals surface area contributed by atoms with Gasteiger partial charge in [-0.2, -0.15) is 0 Å². The number of hydrogen-bond donors (Lipinski definition) is 1. The molecule has 2 saturated heterocycles. The highest BCUT2D eigenvalue weighted by molar-refractivity contribution is 5.85. The third-order valence-corrected chi connectivity index (χ3v) is 3.42. The number of hydrogen-bond acceptors (Lipinski definition) is 3. The first kappa shape index (κ1) is 14.7. The molecule has 2 atom stereocenters. The number of rotatable bonds is 2. The van der Waals surface area contributed by atoms with E-state index in [1.165, 1.54) is 6.42 Å². The van der Waals surface area contributed by atoms with Crippen LogP contribution in [0.3, 0.4) is 0 Å². The van der Waals surface area contributed by atoms with Crippen molar-refractivity contribution in [3.8, 4) is 0 Å². The van der Waals surface area contributed by atoms with Crippen LogP contribution in [0.5, 0.6) is 0 Å². The average molecular weight is 263 g/mol. The largest absolute Gasteiger partial charge is 0.375 e. The number of ether oxygens (including phenoxy) is 1. The molecule has 5 heteroatoms. The van der Waals surface area contributed by atoms with Crippen molar-refractivity contribution < 1.29 is 9.53 Å². The molecule has 4 nitrogen and oxygen atoms in total. The van der Waals surface area contributed by atoms with E-state index >= 15 is 0 Å². The lowest BCUT2D eigenvalue weighted by Gasteiger charge is -2.32. The van der Waals surface area contributed by atoms with E-state index in [2.05, 4.69) is 12.2 Å². The van der Waals surface area contributed by atoms with Gasteiger partial charge in [-0.3, -0.25) is 4.79 Å². The standard InChI is InChI=1S/C12H22N2O2.ClH/c1-10-3-2-5-14(9-10)12(15)7-11-8-13-4-6-16-11;/h10-11,13H,2-9H2,1H3;1H. The van der Waals surface area contributed by atoms with Crippen molar-refractivity contribution in [2.75, 3.05) is 32.8 Å². The molecule has 0 spiro atoms. The SMILES string of the molecule is CC1CCCN(C(=O)CC2CNCCO2)C1.Cl. The summed E-state index contributed by atoms with van der Waals surface area (Å²) in [5.41, 5.74) is 0. The molecule has 1 N–H and O–H groups in total. The van der Waals surface area contributed by atoms with Gasteiger partial charge in [0.25, 0.3) is 0 Å². The number of nitrogens with zero attached hydrogens (tertiary/aromatic N) is 1. The van der Waals surface area contributed by atoms with E-state index in [0.717, 1.165) is 39.2 Å². The fourth-order valence-corrected chi connectivity index (χ4v) is 2.49. The Kier molecular flexibility index (Phi) is 6.23. The first-order valence-corrected chi connectivity index (χ1v) is 6.36. The summed E-state index contributed by atoms with van der Waals surface area (Å²) in [7, 11) is 0. The Morgan fingerprint density at radius 2 is 2.35 bits per heavy atom. The van der Waals surface area contributed by atoms with Crippen LogP contribution >= 0.6 is 12.4 Å². The second kappa shape index (κ2) is 7.19. The minimum Gasteiger partial charge on any atom is -0.375 e. The molecule has 0 bridgehead atoms. The predicted octanol–water partition coefficient (Wildman–Crippen LogP) is 1.05. The topological polar surface area (TPSA) is 41.6 Å². The highest BCUT2D eigenvalue weighted by atomic mass is 35.5. The molecule has 0 radical (unpaired) electrons. The maximum absolute atomic E-state index is 12.0. The van der Waals surface area contributed by atoms with Gasteiger partial charge in [0.2, 0.25) is 5.91 Å². The van der Waals surface area contributed by atoms with E-state index in [9.17, 15) is 4.79 Å². The van der Waals surface area contributed by atoms with Gasteiger partial charge in [0, 0.05) is 26.2 Å². The van der Waals surface area contributed by atoms with Crippen molar-refractivity contribution in [1.29, 1.82) is 0 Å². The minimum absolute atomic E-state index is 0. The smallest absolute Gasteiger partial charge is 0.225 e. The zero-order valence-electron chi connectivity index (χ0n) is 10.5. The molecule has 0 aromatic heterocycles. The molecule has 2 fully saturated rings. The van der Waals surface area contributed by atoms with E-state index in [1.807, 2.05) is 4.90 Å². The molecule has 2 aliphatic heterocycles. The minimum atomic E-state index is 0. The molecule has 2 unspecified atom stereocenters. The number of nitrogens with one attached hydrogen (secondary N) is 1. The number of carbonyl (C=O) groups is 1. The summed E-state index contributed by atoms with van der Waals surface area (Å²) in [5, 5.41) is 3.26. The Morgan fingerprint density at radius 3 is 3.00 bits per heavy atom. The Balaban J connectivity index is 0.00000144. The summed E-state index contributed by atoms with van der Waals surface area (Å²) < 4.78 is 5.56. The Morgan fingerprint density at radius 1 is 1.53 bits per heavy atom. The van der Waals surface area contributed by atoms with E-state index in [1.54, 1.807) is 0 Å². The molecular formula is C12H23ClN2O2. The summed E-state index contributed by atoms with van der Waals surface area (Å²) >= 11 is 0. The summed E-state index contributed by atoms with van der Waals surface area (Å²) in [6, 6.07) is 0. The number of morpholine rings is 1. The van der Waals surface area contributed by atoms with Crippen molar-refractivity contribution >= 4 is 18.3 Å². The number of halogens is 1. The van der Waals surface area contributed by atoms with Crippen LogP contribution in [0.25, 0.3) is 0 Å². The van der Waals surface area contributed by atoms with Crippen LogP contribution in [0.2, 0.25) is 0 Å². The Labute approximate surface area is 109 Å². The summed E-state index contributed by atoms with van der Waals surface area (Å²) in [4.78, 5) is 14.0. The van der Waals surface area contributed by atoms with Gasteiger partial charge in [-0.25, -0.2) is 0 Å². The Hall–Kier alpha value is -0.320. The van der Waals surface area contributed by atoms with E-state index < -0.39 is 0 Å². The van der Waals surface area contributed by atoms with Crippen LogP contribution < -0.4 is 5.32 Å². The predicted molar refractivity (Wildman–Crippen MR) is 69.5 cm³/mol. The molecule has 2 rings (SSSR count). The molecule has 0 aromatic carbocycles. The van der Waals surface area contributed by atoms with Gasteiger partial charge in [0.1, 0.15) is 0 Å². The molecule has 0 saturated carbocycles. The number of amides is 1. The number of piperidine rings is 1. The van der Waals surface area contributed by atoms with E-state index in [4.69, 9.17) is 4.74 Å². The van der Waals surface area contributed by atoms with Gasteiger partial charge in [0.15, 0.2) is 0 Å². The third-order valence-electron chi connectivity index (χ3n) is 3.42. The van der Waals surface area contributed by atoms with Crippen LogP contribution in [-0.4, -0.2) is 49.7 Å². The quantitative estimate of drug-likeness (QED) is 0.809. The van der Waals surface area contributed by atoms with E-state index in [0.29, 0.717) is 12.3 Å². The summed E-state index contributed by atoms with van der Waals surface area (Å²) in [5.74, 6) is 0.920. The normalized spacial score (nSPS) is 29.6. The van der Waals surface area contributed by atoms with Crippen LogP contribution in [0.4, 0.5) is 0 Å². The maximum Gasteiger partial charge on any atom is 0.225 e.